The van der Waals surface area contributed by atoms with Crippen molar-refractivity contribution < 1.29 is 14.3 Å². The minimum atomic E-state index is -0.756. The number of ether oxygens (including phenoxy) is 1. The summed E-state index contributed by atoms with van der Waals surface area (Å²) in [5.41, 5.74) is 0. The Morgan fingerprint density at radius 2 is 2.45 bits per heavy atom. The fourth-order valence-corrected chi connectivity index (χ4v) is 1.00. The predicted octanol–water partition coefficient (Wildman–Crippen LogP) is -0.345. The molecule has 0 spiro atoms. The maximum Gasteiger partial charge on any atom is 0.330 e. The molecule has 0 bridgehead atoms. The van der Waals surface area contributed by atoms with E-state index in [0.29, 0.717) is 6.61 Å². The first-order chi connectivity index (χ1) is 5.16. The van der Waals surface area contributed by atoms with Crippen LogP contribution in [0.25, 0.3) is 0 Å². The van der Waals surface area contributed by atoms with Gasteiger partial charge in [-0.25, -0.2) is 4.79 Å². The van der Waals surface area contributed by atoms with E-state index in [2.05, 4.69) is 10.1 Å². The molecule has 1 fully saturated rings. The topological polar surface area (TPSA) is 55.4 Å². The molecule has 0 unspecified atom stereocenters. The zero-order chi connectivity index (χ0) is 8.43. The van der Waals surface area contributed by atoms with Crippen molar-refractivity contribution >= 4 is 23.5 Å². The Kier molecular flexibility index (Phi) is 2.34. The summed E-state index contributed by atoms with van der Waals surface area (Å²) in [6.07, 6.45) is 0. The Balaban J connectivity index is 2.39. The molecule has 0 radical (unpaired) electrons. The molecule has 1 rings (SSSR count). The smallest absolute Gasteiger partial charge is 0.330 e. The molecular formula is C6H8ClNO3. The van der Waals surface area contributed by atoms with Crippen LogP contribution in [0.4, 0.5) is 0 Å². The van der Waals surface area contributed by atoms with Crippen molar-refractivity contribution in [1.82, 2.24) is 5.32 Å². The number of hydrogen-bond acceptors (Lipinski definition) is 3. The number of β-lactam (4-membered cyclic amide) rings is 1. The summed E-state index contributed by atoms with van der Waals surface area (Å²) in [5, 5.41) is 1.58. The van der Waals surface area contributed by atoms with E-state index < -0.39 is 17.4 Å². The van der Waals surface area contributed by atoms with Crippen LogP contribution in [0, 0.1) is 0 Å². The zero-order valence-corrected chi connectivity index (χ0v) is 6.72. The van der Waals surface area contributed by atoms with Gasteiger partial charge in [0.25, 0.3) is 0 Å². The molecule has 1 amide bonds. The van der Waals surface area contributed by atoms with Crippen LogP contribution in [0.2, 0.25) is 0 Å². The highest BCUT2D eigenvalue weighted by atomic mass is 35.5. The summed E-state index contributed by atoms with van der Waals surface area (Å²) >= 11 is 5.48. The lowest BCUT2D eigenvalue weighted by Crippen LogP contribution is -2.63. The lowest BCUT2D eigenvalue weighted by Gasteiger charge is -2.29. The molecule has 0 aromatic heterocycles. The third-order valence-electron chi connectivity index (χ3n) is 1.38. The number of nitrogens with one attached hydrogen (secondary N) is 1. The van der Waals surface area contributed by atoms with Crippen LogP contribution >= 0.6 is 11.6 Å². The molecule has 1 aliphatic heterocycles. The zero-order valence-electron chi connectivity index (χ0n) is 5.96. The third kappa shape index (κ3) is 1.45. The number of carbonyl (C=O) groups is 2. The minimum Gasteiger partial charge on any atom is -0.464 e. The molecule has 0 saturated carbocycles. The van der Waals surface area contributed by atoms with Crippen LogP contribution in [0.15, 0.2) is 0 Å². The van der Waals surface area contributed by atoms with Crippen LogP contribution in [-0.4, -0.2) is 29.9 Å². The van der Waals surface area contributed by atoms with Crippen LogP contribution in [0.3, 0.4) is 0 Å². The van der Waals surface area contributed by atoms with E-state index in [1.807, 2.05) is 0 Å². The summed E-state index contributed by atoms with van der Waals surface area (Å²) in [5.74, 6) is -0.781. The van der Waals surface area contributed by atoms with Gasteiger partial charge in [-0.1, -0.05) is 0 Å². The van der Waals surface area contributed by atoms with Crippen LogP contribution in [0.5, 0.6) is 0 Å². The average Bonchev–Trinajstić information content (AvgIpc) is 1.99. The first kappa shape index (κ1) is 8.33. The van der Waals surface area contributed by atoms with Gasteiger partial charge < -0.3 is 10.1 Å². The van der Waals surface area contributed by atoms with Gasteiger partial charge in [-0.15, -0.1) is 11.6 Å². The maximum atomic E-state index is 10.9. The van der Waals surface area contributed by atoms with Gasteiger partial charge in [-0.3, -0.25) is 4.79 Å². The minimum absolute atomic E-state index is 0.300. The Hall–Kier alpha value is -0.770. The van der Waals surface area contributed by atoms with E-state index in [0.717, 1.165) is 0 Å². The summed E-state index contributed by atoms with van der Waals surface area (Å²) in [4.78, 5) is 21.4. The molecule has 4 nitrogen and oxygen atoms in total. The molecule has 1 saturated heterocycles. The molecule has 1 heterocycles. The van der Waals surface area contributed by atoms with Crippen LogP contribution < -0.4 is 5.32 Å². The van der Waals surface area contributed by atoms with Crippen molar-refractivity contribution in [3.05, 3.63) is 0 Å². The normalized spacial score (nSPS) is 28.7. The van der Waals surface area contributed by atoms with Crippen LogP contribution in [-0.2, 0) is 14.3 Å². The van der Waals surface area contributed by atoms with Gasteiger partial charge in [0.2, 0.25) is 5.91 Å². The molecule has 1 N–H and O–H groups in total. The Bertz CT molecular complexity index is 194. The van der Waals surface area contributed by atoms with Gasteiger partial charge >= 0.3 is 5.97 Å². The van der Waals surface area contributed by atoms with Crippen molar-refractivity contribution in [2.45, 2.75) is 18.3 Å². The first-order valence-corrected chi connectivity index (χ1v) is 3.71. The van der Waals surface area contributed by atoms with E-state index >= 15 is 0 Å². The Labute approximate surface area is 68.8 Å². The molecule has 5 heteroatoms. The molecular weight excluding hydrogens is 170 g/mol. The molecule has 2 atom stereocenters. The SMILES string of the molecule is CCOC(=O)[C@H]1NC(=O)[C@H]1Cl. The fraction of sp³-hybridized carbons (Fsp3) is 0.667. The molecule has 0 aromatic rings. The second kappa shape index (κ2) is 3.09. The van der Waals surface area contributed by atoms with E-state index in [1.165, 1.54) is 0 Å². The van der Waals surface area contributed by atoms with Gasteiger partial charge in [-0.2, -0.15) is 0 Å². The van der Waals surface area contributed by atoms with Crippen molar-refractivity contribution in [3.63, 3.8) is 0 Å². The maximum absolute atomic E-state index is 10.9. The van der Waals surface area contributed by atoms with Crippen molar-refractivity contribution in [1.29, 1.82) is 0 Å². The second-order valence-electron chi connectivity index (χ2n) is 2.14. The molecule has 0 aromatic carbocycles. The van der Waals surface area contributed by atoms with E-state index in [1.54, 1.807) is 6.92 Å². The number of amides is 1. The Morgan fingerprint density at radius 3 is 2.82 bits per heavy atom. The Morgan fingerprint density at radius 1 is 1.82 bits per heavy atom. The van der Waals surface area contributed by atoms with E-state index in [4.69, 9.17) is 11.6 Å². The largest absolute Gasteiger partial charge is 0.464 e. The number of hydrogen-bond donors (Lipinski definition) is 1. The number of rotatable bonds is 2. The highest BCUT2D eigenvalue weighted by Gasteiger charge is 2.43. The first-order valence-electron chi connectivity index (χ1n) is 3.28. The lowest BCUT2D eigenvalue weighted by atomic mass is 10.1. The van der Waals surface area contributed by atoms with E-state index in [9.17, 15) is 9.59 Å². The quantitative estimate of drug-likeness (QED) is 0.357. The summed E-state index contributed by atoms with van der Waals surface area (Å²) in [7, 11) is 0. The van der Waals surface area contributed by atoms with Crippen LogP contribution in [0.1, 0.15) is 6.92 Å². The monoisotopic (exact) mass is 177 g/mol. The van der Waals surface area contributed by atoms with Gasteiger partial charge in [0, 0.05) is 0 Å². The highest BCUT2D eigenvalue weighted by Crippen LogP contribution is 2.14. The summed E-state index contributed by atoms with van der Waals surface area (Å²) in [6.45, 7) is 2.00. The molecule has 1 aliphatic rings. The standard InChI is InChI=1S/C6H8ClNO3/c1-2-11-6(10)4-3(7)5(9)8-4/h3-4H,2H2,1H3,(H,8,9)/t3-,4-/m0/s1. The van der Waals surface area contributed by atoms with E-state index in [-0.39, 0.29) is 5.91 Å². The number of halogens is 1. The van der Waals surface area contributed by atoms with Crippen molar-refractivity contribution in [2.24, 2.45) is 0 Å². The summed E-state index contributed by atoms with van der Waals surface area (Å²) < 4.78 is 4.63. The fourth-order valence-electron chi connectivity index (χ4n) is 0.772. The van der Waals surface area contributed by atoms with Gasteiger partial charge in [0.1, 0.15) is 5.38 Å². The van der Waals surface area contributed by atoms with Gasteiger partial charge in [-0.05, 0) is 6.92 Å². The van der Waals surface area contributed by atoms with Crippen molar-refractivity contribution in [2.75, 3.05) is 6.61 Å². The molecule has 11 heavy (non-hydrogen) atoms. The predicted molar refractivity (Wildman–Crippen MR) is 38.2 cm³/mol. The van der Waals surface area contributed by atoms with Crippen molar-refractivity contribution in [3.8, 4) is 0 Å². The lowest BCUT2D eigenvalue weighted by molar-refractivity contribution is -0.152. The molecule has 0 aliphatic carbocycles. The average molecular weight is 178 g/mol. The molecule has 62 valence electrons. The van der Waals surface area contributed by atoms with Gasteiger partial charge in [0.15, 0.2) is 6.04 Å². The number of esters is 1. The number of alkyl halides is 1. The summed E-state index contributed by atoms with van der Waals surface area (Å²) in [6, 6.07) is -0.649. The second-order valence-corrected chi connectivity index (χ2v) is 2.61. The number of carbonyl (C=O) groups excluding carboxylic acids is 2. The third-order valence-corrected chi connectivity index (χ3v) is 1.83. The van der Waals surface area contributed by atoms with Gasteiger partial charge in [0.05, 0.1) is 6.61 Å². The highest BCUT2D eigenvalue weighted by molar-refractivity contribution is 6.35.